The van der Waals surface area contributed by atoms with E-state index >= 15 is 0 Å². The van der Waals surface area contributed by atoms with E-state index in [2.05, 4.69) is 15.0 Å². The van der Waals surface area contributed by atoms with Crippen LogP contribution in [0.4, 0.5) is 0 Å². The second-order valence-corrected chi connectivity index (χ2v) is 3.54. The molecule has 0 aromatic carbocycles. The van der Waals surface area contributed by atoms with Crippen LogP contribution in [0, 0.1) is 13.8 Å². The third kappa shape index (κ3) is 2.00. The Labute approximate surface area is 94.4 Å². The lowest BCUT2D eigenvalue weighted by Crippen LogP contribution is -1.94. The highest BCUT2D eigenvalue weighted by atomic mass is 16.5. The van der Waals surface area contributed by atoms with Gasteiger partial charge in [-0.15, -0.1) is 0 Å². The molecule has 2 aromatic heterocycles. The highest BCUT2D eigenvalue weighted by Crippen LogP contribution is 2.21. The van der Waals surface area contributed by atoms with E-state index in [0.717, 1.165) is 22.5 Å². The Balaban J connectivity index is 2.42. The molecule has 0 fully saturated rings. The van der Waals surface area contributed by atoms with Crippen LogP contribution in [0.25, 0.3) is 11.1 Å². The van der Waals surface area contributed by atoms with Gasteiger partial charge in [-0.25, -0.2) is 9.97 Å². The van der Waals surface area contributed by atoms with Crippen LogP contribution in [0.2, 0.25) is 0 Å². The minimum atomic E-state index is 0.376. The molecule has 0 aliphatic heterocycles. The summed E-state index contributed by atoms with van der Waals surface area (Å²) in [5, 5.41) is 0. The first-order valence-electron chi connectivity index (χ1n) is 5.01. The van der Waals surface area contributed by atoms with E-state index in [1.165, 1.54) is 0 Å². The molecule has 16 heavy (non-hydrogen) atoms. The molecule has 0 unspecified atom stereocenters. The summed E-state index contributed by atoms with van der Waals surface area (Å²) in [6.45, 7) is 3.95. The van der Waals surface area contributed by atoms with Gasteiger partial charge in [-0.2, -0.15) is 0 Å². The third-order valence-electron chi connectivity index (χ3n) is 2.35. The molecule has 0 N–H and O–H groups in total. The van der Waals surface area contributed by atoms with Crippen molar-refractivity contribution in [2.24, 2.45) is 0 Å². The normalized spacial score (nSPS) is 10.2. The highest BCUT2D eigenvalue weighted by Gasteiger charge is 2.04. The summed E-state index contributed by atoms with van der Waals surface area (Å²) in [5.41, 5.74) is 3.99. The maximum Gasteiger partial charge on any atom is 0.316 e. The van der Waals surface area contributed by atoms with Crippen LogP contribution in [-0.2, 0) is 0 Å². The summed E-state index contributed by atoms with van der Waals surface area (Å²) < 4.78 is 4.92. The fourth-order valence-electron chi connectivity index (χ4n) is 1.55. The molecule has 0 radical (unpaired) electrons. The highest BCUT2D eigenvalue weighted by molar-refractivity contribution is 5.64. The summed E-state index contributed by atoms with van der Waals surface area (Å²) in [7, 11) is 1.55. The molecule has 0 saturated carbocycles. The number of pyridine rings is 1. The molecule has 0 saturated heterocycles. The van der Waals surface area contributed by atoms with Crippen LogP contribution >= 0.6 is 0 Å². The molecule has 0 amide bonds. The third-order valence-corrected chi connectivity index (χ3v) is 2.35. The molecule has 0 aliphatic carbocycles. The Bertz CT molecular complexity index is 494. The fourth-order valence-corrected chi connectivity index (χ4v) is 1.55. The smallest absolute Gasteiger partial charge is 0.316 e. The molecule has 0 aliphatic rings. The average molecular weight is 215 g/mol. The van der Waals surface area contributed by atoms with Gasteiger partial charge in [0.05, 0.1) is 7.11 Å². The molecule has 4 nitrogen and oxygen atoms in total. The molecule has 2 rings (SSSR count). The van der Waals surface area contributed by atoms with Crippen molar-refractivity contribution in [1.82, 2.24) is 15.0 Å². The number of hydrogen-bond donors (Lipinski definition) is 0. The number of ether oxygens (including phenoxy) is 1. The van der Waals surface area contributed by atoms with Gasteiger partial charge in [0.15, 0.2) is 0 Å². The van der Waals surface area contributed by atoms with Gasteiger partial charge in [-0.1, -0.05) is 6.07 Å². The van der Waals surface area contributed by atoms with Gasteiger partial charge < -0.3 is 4.74 Å². The van der Waals surface area contributed by atoms with Crippen molar-refractivity contribution in [2.45, 2.75) is 13.8 Å². The number of rotatable bonds is 2. The molecule has 0 atom stereocenters. The van der Waals surface area contributed by atoms with Crippen LogP contribution in [-0.4, -0.2) is 22.1 Å². The maximum atomic E-state index is 4.92. The van der Waals surface area contributed by atoms with E-state index in [1.807, 2.05) is 26.0 Å². The van der Waals surface area contributed by atoms with Gasteiger partial charge in [0.2, 0.25) is 0 Å². The number of hydrogen-bond acceptors (Lipinski definition) is 4. The number of nitrogens with zero attached hydrogens (tertiary/aromatic N) is 3. The van der Waals surface area contributed by atoms with E-state index in [4.69, 9.17) is 4.74 Å². The Morgan fingerprint density at radius 2 is 1.75 bits per heavy atom. The molecule has 82 valence electrons. The minimum Gasteiger partial charge on any atom is -0.467 e. The lowest BCUT2D eigenvalue weighted by atomic mass is 10.1. The minimum absolute atomic E-state index is 0.376. The number of aryl methyl sites for hydroxylation is 2. The molecule has 0 spiro atoms. The second-order valence-electron chi connectivity index (χ2n) is 3.54. The van der Waals surface area contributed by atoms with Crippen molar-refractivity contribution in [1.29, 1.82) is 0 Å². The van der Waals surface area contributed by atoms with E-state index < -0.39 is 0 Å². The van der Waals surface area contributed by atoms with E-state index in [-0.39, 0.29) is 0 Å². The summed E-state index contributed by atoms with van der Waals surface area (Å²) >= 11 is 0. The van der Waals surface area contributed by atoms with Crippen molar-refractivity contribution in [3.8, 4) is 17.1 Å². The SMILES string of the molecule is COc1ncc(-c2ccc(C)nc2C)cn1. The van der Waals surface area contributed by atoms with Gasteiger partial charge in [-0.3, -0.25) is 4.98 Å². The predicted molar refractivity (Wildman–Crippen MR) is 61.3 cm³/mol. The number of aromatic nitrogens is 3. The lowest BCUT2D eigenvalue weighted by molar-refractivity contribution is 0.380. The van der Waals surface area contributed by atoms with Gasteiger partial charge in [0.25, 0.3) is 0 Å². The van der Waals surface area contributed by atoms with Gasteiger partial charge in [-0.05, 0) is 19.9 Å². The molecular formula is C12H13N3O. The zero-order valence-electron chi connectivity index (χ0n) is 9.56. The van der Waals surface area contributed by atoms with Crippen LogP contribution in [0.15, 0.2) is 24.5 Å². The van der Waals surface area contributed by atoms with Crippen molar-refractivity contribution in [3.63, 3.8) is 0 Å². The average Bonchev–Trinajstić information content (AvgIpc) is 2.29. The molecular weight excluding hydrogens is 202 g/mol. The van der Waals surface area contributed by atoms with Crippen molar-refractivity contribution < 1.29 is 4.74 Å². The first-order chi connectivity index (χ1) is 7.70. The zero-order valence-corrected chi connectivity index (χ0v) is 9.56. The Morgan fingerprint density at radius 1 is 1.06 bits per heavy atom. The number of methoxy groups -OCH3 is 1. The van der Waals surface area contributed by atoms with E-state index in [0.29, 0.717) is 6.01 Å². The topological polar surface area (TPSA) is 47.9 Å². The summed E-state index contributed by atoms with van der Waals surface area (Å²) in [5.74, 6) is 0. The van der Waals surface area contributed by atoms with Crippen LogP contribution < -0.4 is 4.74 Å². The fraction of sp³-hybridized carbons (Fsp3) is 0.250. The van der Waals surface area contributed by atoms with Crippen molar-refractivity contribution in [2.75, 3.05) is 7.11 Å². The largest absolute Gasteiger partial charge is 0.467 e. The standard InChI is InChI=1S/C12H13N3O/c1-8-4-5-11(9(2)15-8)10-6-13-12(16-3)14-7-10/h4-7H,1-3H3. The molecule has 4 heteroatoms. The zero-order chi connectivity index (χ0) is 11.5. The second kappa shape index (κ2) is 4.26. The van der Waals surface area contributed by atoms with Gasteiger partial charge in [0.1, 0.15) is 0 Å². The maximum absolute atomic E-state index is 4.92. The molecule has 0 bridgehead atoms. The first kappa shape index (κ1) is 10.5. The van der Waals surface area contributed by atoms with Crippen molar-refractivity contribution in [3.05, 3.63) is 35.9 Å². The van der Waals surface area contributed by atoms with E-state index in [1.54, 1.807) is 19.5 Å². The first-order valence-corrected chi connectivity index (χ1v) is 5.01. The predicted octanol–water partition coefficient (Wildman–Crippen LogP) is 2.16. The summed E-state index contributed by atoms with van der Waals surface area (Å²) in [4.78, 5) is 12.6. The summed E-state index contributed by atoms with van der Waals surface area (Å²) in [6.07, 6.45) is 3.48. The van der Waals surface area contributed by atoms with E-state index in [9.17, 15) is 0 Å². The van der Waals surface area contributed by atoms with Crippen molar-refractivity contribution >= 4 is 0 Å². The molecule has 2 aromatic rings. The van der Waals surface area contributed by atoms with Crippen LogP contribution in [0.3, 0.4) is 0 Å². The quantitative estimate of drug-likeness (QED) is 0.770. The monoisotopic (exact) mass is 215 g/mol. The van der Waals surface area contributed by atoms with Gasteiger partial charge in [0, 0.05) is 34.9 Å². The lowest BCUT2D eigenvalue weighted by Gasteiger charge is -2.05. The summed E-state index contributed by atoms with van der Waals surface area (Å²) in [6, 6.07) is 4.39. The van der Waals surface area contributed by atoms with Gasteiger partial charge >= 0.3 is 6.01 Å². The Hall–Kier alpha value is -1.97. The molecule has 2 heterocycles. The Morgan fingerprint density at radius 3 is 2.31 bits per heavy atom. The van der Waals surface area contributed by atoms with Crippen LogP contribution in [0.1, 0.15) is 11.4 Å². The Kier molecular flexibility index (Phi) is 2.81. The van der Waals surface area contributed by atoms with Crippen LogP contribution in [0.5, 0.6) is 6.01 Å².